The third-order valence-electron chi connectivity index (χ3n) is 4.05. The van der Waals surface area contributed by atoms with Gasteiger partial charge < -0.3 is 14.9 Å². The molecule has 1 aromatic carbocycles. The van der Waals surface area contributed by atoms with Crippen molar-refractivity contribution in [2.75, 3.05) is 0 Å². The summed E-state index contributed by atoms with van der Waals surface area (Å²) in [5.41, 5.74) is 0.850. The van der Waals surface area contributed by atoms with Crippen LogP contribution in [0.4, 0.5) is 0 Å². The van der Waals surface area contributed by atoms with Crippen molar-refractivity contribution < 1.29 is 19.7 Å². The molecule has 0 heterocycles. The molecule has 0 saturated heterocycles. The SMILES string of the molecule is CCCCCC(O)(O)Oc1ccc(C=CC(=O)C2C=CC=CC2)cc1. The molecule has 0 fully saturated rings. The molecule has 4 heteroatoms. The molecule has 1 aliphatic rings. The third-order valence-corrected chi connectivity index (χ3v) is 4.05. The second-order valence-corrected chi connectivity index (χ2v) is 6.26. The molecule has 2 N–H and O–H groups in total. The average molecular weight is 342 g/mol. The van der Waals surface area contributed by atoms with Crippen molar-refractivity contribution in [1.82, 2.24) is 0 Å². The number of benzene rings is 1. The van der Waals surface area contributed by atoms with Crippen molar-refractivity contribution in [3.8, 4) is 5.75 Å². The summed E-state index contributed by atoms with van der Waals surface area (Å²) in [4.78, 5) is 12.1. The minimum Gasteiger partial charge on any atom is -0.439 e. The van der Waals surface area contributed by atoms with Gasteiger partial charge in [0.05, 0.1) is 0 Å². The molecule has 0 saturated carbocycles. The Balaban J connectivity index is 1.88. The van der Waals surface area contributed by atoms with E-state index in [-0.39, 0.29) is 18.1 Å². The highest BCUT2D eigenvalue weighted by Gasteiger charge is 2.24. The molecule has 1 aliphatic carbocycles. The zero-order valence-corrected chi connectivity index (χ0v) is 14.6. The predicted octanol–water partition coefficient (Wildman–Crippen LogP) is 4.00. The average Bonchev–Trinajstić information content (AvgIpc) is 2.61. The van der Waals surface area contributed by atoms with Gasteiger partial charge in [-0.25, -0.2) is 0 Å². The Labute approximate surface area is 149 Å². The van der Waals surface area contributed by atoms with Gasteiger partial charge in [-0.05, 0) is 36.6 Å². The number of hydrogen-bond donors (Lipinski definition) is 2. The Bertz CT molecular complexity index is 638. The molecule has 0 spiro atoms. The molecule has 0 aliphatic heterocycles. The number of aliphatic hydroxyl groups is 2. The van der Waals surface area contributed by atoms with Crippen LogP contribution in [0.1, 0.15) is 44.6 Å². The van der Waals surface area contributed by atoms with Crippen LogP contribution in [0.25, 0.3) is 6.08 Å². The van der Waals surface area contributed by atoms with Gasteiger partial charge in [0.2, 0.25) is 0 Å². The summed E-state index contributed by atoms with van der Waals surface area (Å²) in [6, 6.07) is 6.87. The van der Waals surface area contributed by atoms with E-state index in [2.05, 4.69) is 6.92 Å². The smallest absolute Gasteiger partial charge is 0.321 e. The van der Waals surface area contributed by atoms with Gasteiger partial charge in [0.15, 0.2) is 5.78 Å². The minimum atomic E-state index is -2.15. The predicted molar refractivity (Wildman–Crippen MR) is 98.8 cm³/mol. The maximum Gasteiger partial charge on any atom is 0.321 e. The van der Waals surface area contributed by atoms with Gasteiger partial charge in [-0.1, -0.05) is 62.3 Å². The second kappa shape index (κ2) is 9.35. The number of hydrogen-bond acceptors (Lipinski definition) is 4. The number of carbonyl (C=O) groups is 1. The maximum atomic E-state index is 12.1. The van der Waals surface area contributed by atoms with Crippen LogP contribution in [-0.2, 0) is 4.79 Å². The van der Waals surface area contributed by atoms with Crippen LogP contribution >= 0.6 is 0 Å². The quantitative estimate of drug-likeness (QED) is 0.404. The Hall–Kier alpha value is -2.17. The lowest BCUT2D eigenvalue weighted by Crippen LogP contribution is -2.35. The second-order valence-electron chi connectivity index (χ2n) is 6.26. The molecule has 4 nitrogen and oxygen atoms in total. The number of carbonyl (C=O) groups excluding carboxylic acids is 1. The zero-order valence-electron chi connectivity index (χ0n) is 14.6. The van der Waals surface area contributed by atoms with E-state index >= 15 is 0 Å². The van der Waals surface area contributed by atoms with Crippen molar-refractivity contribution in [2.45, 2.75) is 45.0 Å². The van der Waals surface area contributed by atoms with Crippen molar-refractivity contribution in [3.63, 3.8) is 0 Å². The fourth-order valence-electron chi connectivity index (χ4n) is 2.59. The molecular weight excluding hydrogens is 316 g/mol. The number of ketones is 1. The van der Waals surface area contributed by atoms with Crippen LogP contribution in [0.5, 0.6) is 5.75 Å². The van der Waals surface area contributed by atoms with Gasteiger partial charge in [-0.2, -0.15) is 0 Å². The monoisotopic (exact) mass is 342 g/mol. The van der Waals surface area contributed by atoms with Crippen LogP contribution in [0, 0.1) is 5.92 Å². The highest BCUT2D eigenvalue weighted by molar-refractivity contribution is 5.96. The summed E-state index contributed by atoms with van der Waals surface area (Å²) >= 11 is 0. The van der Waals surface area contributed by atoms with Crippen LogP contribution < -0.4 is 4.74 Å². The van der Waals surface area contributed by atoms with Crippen LogP contribution in [-0.4, -0.2) is 22.0 Å². The molecule has 1 unspecified atom stereocenters. The molecule has 25 heavy (non-hydrogen) atoms. The number of unbranched alkanes of at least 4 members (excludes halogenated alkanes) is 2. The largest absolute Gasteiger partial charge is 0.439 e. The highest BCUT2D eigenvalue weighted by Crippen LogP contribution is 2.21. The minimum absolute atomic E-state index is 0.0709. The summed E-state index contributed by atoms with van der Waals surface area (Å²) in [5.74, 6) is -1.79. The zero-order chi connectivity index (χ0) is 18.1. The first-order valence-corrected chi connectivity index (χ1v) is 8.79. The summed E-state index contributed by atoms with van der Waals surface area (Å²) in [6.45, 7) is 2.05. The van der Waals surface area contributed by atoms with Gasteiger partial charge in [-0.15, -0.1) is 0 Å². The van der Waals surface area contributed by atoms with E-state index in [9.17, 15) is 15.0 Å². The first-order chi connectivity index (χ1) is 12.0. The maximum absolute atomic E-state index is 12.1. The number of allylic oxidation sites excluding steroid dienone is 5. The lowest BCUT2D eigenvalue weighted by atomic mass is 9.95. The summed E-state index contributed by atoms with van der Waals surface area (Å²) in [6.07, 6.45) is 14.6. The Morgan fingerprint density at radius 1 is 1.24 bits per heavy atom. The van der Waals surface area contributed by atoms with E-state index in [0.717, 1.165) is 24.8 Å². The van der Waals surface area contributed by atoms with Crippen molar-refractivity contribution in [1.29, 1.82) is 0 Å². The Kier molecular flexibility index (Phi) is 7.16. The van der Waals surface area contributed by atoms with E-state index in [1.807, 2.05) is 24.3 Å². The van der Waals surface area contributed by atoms with E-state index in [4.69, 9.17) is 4.74 Å². The normalized spacial score (nSPS) is 17.2. The van der Waals surface area contributed by atoms with E-state index in [0.29, 0.717) is 12.2 Å². The molecule has 134 valence electrons. The Morgan fingerprint density at radius 2 is 2.00 bits per heavy atom. The van der Waals surface area contributed by atoms with E-state index < -0.39 is 5.97 Å². The first kappa shape index (κ1) is 19.2. The summed E-state index contributed by atoms with van der Waals surface area (Å²) in [7, 11) is 0. The van der Waals surface area contributed by atoms with Gasteiger partial charge >= 0.3 is 5.97 Å². The molecule has 2 rings (SSSR count). The van der Waals surface area contributed by atoms with E-state index in [1.54, 1.807) is 36.4 Å². The van der Waals surface area contributed by atoms with Crippen LogP contribution in [0.15, 0.2) is 54.6 Å². The molecule has 0 aromatic heterocycles. The van der Waals surface area contributed by atoms with Crippen molar-refractivity contribution >= 4 is 11.9 Å². The third kappa shape index (κ3) is 6.69. The van der Waals surface area contributed by atoms with Gasteiger partial charge in [0, 0.05) is 12.3 Å². The van der Waals surface area contributed by atoms with Gasteiger partial charge in [0.25, 0.3) is 0 Å². The molecule has 1 aromatic rings. The van der Waals surface area contributed by atoms with Crippen molar-refractivity contribution in [2.24, 2.45) is 5.92 Å². The molecule has 0 amide bonds. The lowest BCUT2D eigenvalue weighted by Gasteiger charge is -2.22. The van der Waals surface area contributed by atoms with Gasteiger partial charge in [0.1, 0.15) is 5.75 Å². The summed E-state index contributed by atoms with van der Waals surface area (Å²) in [5, 5.41) is 19.7. The first-order valence-electron chi connectivity index (χ1n) is 8.79. The fourth-order valence-corrected chi connectivity index (χ4v) is 2.59. The fraction of sp³-hybridized carbons (Fsp3) is 0.381. The standard InChI is InChI=1S/C21H26O4/c1-2-3-7-16-21(23,24)25-19-13-10-17(11-14-19)12-15-20(22)18-8-5-4-6-9-18/h4-6,8,10-15,18,23-24H,2-3,7,9,16H2,1H3. The molecule has 0 radical (unpaired) electrons. The lowest BCUT2D eigenvalue weighted by molar-refractivity contribution is -0.295. The van der Waals surface area contributed by atoms with Gasteiger partial charge in [-0.3, -0.25) is 4.79 Å². The topological polar surface area (TPSA) is 66.8 Å². The number of ether oxygens (including phenoxy) is 1. The Morgan fingerprint density at radius 3 is 2.64 bits per heavy atom. The molecular formula is C21H26O4. The molecule has 1 atom stereocenters. The van der Waals surface area contributed by atoms with E-state index in [1.165, 1.54) is 0 Å². The van der Waals surface area contributed by atoms with Crippen LogP contribution in [0.3, 0.4) is 0 Å². The molecule has 0 bridgehead atoms. The van der Waals surface area contributed by atoms with Crippen molar-refractivity contribution in [3.05, 3.63) is 60.2 Å². The summed E-state index contributed by atoms with van der Waals surface area (Å²) < 4.78 is 5.23. The number of rotatable bonds is 9. The van der Waals surface area contributed by atoms with Crippen LogP contribution in [0.2, 0.25) is 0 Å². The highest BCUT2D eigenvalue weighted by atomic mass is 16.8.